The molecule has 0 spiro atoms. The van der Waals surface area contributed by atoms with Gasteiger partial charge in [0, 0.05) is 4.88 Å². The molecular formula is C14H13ClN4S. The summed E-state index contributed by atoms with van der Waals surface area (Å²) >= 11 is 7.55. The van der Waals surface area contributed by atoms with Crippen molar-refractivity contribution in [2.24, 2.45) is 0 Å². The molecular weight excluding hydrogens is 292 g/mol. The molecule has 1 N–H and O–H groups in total. The Bertz CT molecular complexity index is 692. The van der Waals surface area contributed by atoms with Crippen LogP contribution in [0.25, 0.3) is 5.69 Å². The van der Waals surface area contributed by atoms with Crippen LogP contribution in [0.4, 0.5) is 0 Å². The van der Waals surface area contributed by atoms with E-state index in [0.717, 1.165) is 20.6 Å². The number of thiophene rings is 1. The molecule has 20 heavy (non-hydrogen) atoms. The standard InChI is InChI=1S/C14H13ClN4S/c1-16-14(12-7-8-13(15)20-12)11-9-17-19(18-11)10-5-3-2-4-6-10/h2-9,14,16H,1H3. The molecule has 0 amide bonds. The Morgan fingerprint density at radius 1 is 1.20 bits per heavy atom. The molecule has 0 fully saturated rings. The summed E-state index contributed by atoms with van der Waals surface area (Å²) in [6.45, 7) is 0. The van der Waals surface area contributed by atoms with Crippen LogP contribution >= 0.6 is 22.9 Å². The van der Waals surface area contributed by atoms with E-state index in [0.29, 0.717) is 0 Å². The highest BCUT2D eigenvalue weighted by Crippen LogP contribution is 2.29. The van der Waals surface area contributed by atoms with Crippen LogP contribution in [0.1, 0.15) is 16.6 Å². The summed E-state index contributed by atoms with van der Waals surface area (Å²) in [5, 5.41) is 12.1. The highest BCUT2D eigenvalue weighted by atomic mass is 35.5. The summed E-state index contributed by atoms with van der Waals surface area (Å²) in [6.07, 6.45) is 1.78. The van der Waals surface area contributed by atoms with Gasteiger partial charge >= 0.3 is 0 Å². The Kier molecular flexibility index (Phi) is 3.82. The van der Waals surface area contributed by atoms with Crippen molar-refractivity contribution in [3.8, 4) is 5.69 Å². The fourth-order valence-corrected chi connectivity index (χ4v) is 3.20. The van der Waals surface area contributed by atoms with Crippen LogP contribution < -0.4 is 5.32 Å². The molecule has 0 aliphatic rings. The molecule has 1 unspecified atom stereocenters. The van der Waals surface area contributed by atoms with Crippen molar-refractivity contribution in [1.29, 1.82) is 0 Å². The highest BCUT2D eigenvalue weighted by Gasteiger charge is 2.18. The van der Waals surface area contributed by atoms with Gasteiger partial charge in [0.1, 0.15) is 5.69 Å². The van der Waals surface area contributed by atoms with Gasteiger partial charge in [0.05, 0.1) is 22.3 Å². The average molecular weight is 305 g/mol. The molecule has 0 aliphatic heterocycles. The minimum Gasteiger partial charge on any atom is -0.307 e. The maximum Gasteiger partial charge on any atom is 0.105 e. The summed E-state index contributed by atoms with van der Waals surface area (Å²) in [6, 6.07) is 13.8. The van der Waals surface area contributed by atoms with Crippen LogP contribution in [0, 0.1) is 0 Å². The fraction of sp³-hybridized carbons (Fsp3) is 0.143. The van der Waals surface area contributed by atoms with E-state index < -0.39 is 0 Å². The third kappa shape index (κ3) is 2.60. The van der Waals surface area contributed by atoms with E-state index >= 15 is 0 Å². The van der Waals surface area contributed by atoms with E-state index in [4.69, 9.17) is 11.6 Å². The predicted octanol–water partition coefficient (Wildman–Crippen LogP) is 3.29. The number of benzene rings is 1. The Morgan fingerprint density at radius 2 is 2.00 bits per heavy atom. The van der Waals surface area contributed by atoms with Gasteiger partial charge in [-0.1, -0.05) is 29.8 Å². The molecule has 4 nitrogen and oxygen atoms in total. The molecule has 0 saturated heterocycles. The minimum absolute atomic E-state index is 0.00459. The van der Waals surface area contributed by atoms with Gasteiger partial charge in [-0.25, -0.2) is 0 Å². The molecule has 0 saturated carbocycles. The van der Waals surface area contributed by atoms with E-state index in [1.807, 2.05) is 49.5 Å². The quantitative estimate of drug-likeness (QED) is 0.804. The minimum atomic E-state index is 0.00459. The van der Waals surface area contributed by atoms with Crippen molar-refractivity contribution in [1.82, 2.24) is 20.3 Å². The second kappa shape index (κ2) is 5.75. The molecule has 1 aromatic carbocycles. The molecule has 0 radical (unpaired) electrons. The van der Waals surface area contributed by atoms with E-state index in [2.05, 4.69) is 15.5 Å². The maximum absolute atomic E-state index is 6.00. The van der Waals surface area contributed by atoms with Gasteiger partial charge in [0.15, 0.2) is 0 Å². The topological polar surface area (TPSA) is 42.7 Å². The Hall–Kier alpha value is -1.69. The highest BCUT2D eigenvalue weighted by molar-refractivity contribution is 7.16. The van der Waals surface area contributed by atoms with Crippen molar-refractivity contribution in [2.75, 3.05) is 7.05 Å². The maximum atomic E-state index is 6.00. The van der Waals surface area contributed by atoms with Crippen LogP contribution in [0.15, 0.2) is 48.7 Å². The Labute approximate surface area is 126 Å². The first-order valence-electron chi connectivity index (χ1n) is 6.18. The molecule has 6 heteroatoms. The monoisotopic (exact) mass is 304 g/mol. The lowest BCUT2D eigenvalue weighted by Gasteiger charge is -2.10. The second-order valence-corrected chi connectivity index (χ2v) is 6.00. The number of hydrogen-bond acceptors (Lipinski definition) is 4. The van der Waals surface area contributed by atoms with E-state index in [1.165, 1.54) is 0 Å². The third-order valence-electron chi connectivity index (χ3n) is 2.96. The van der Waals surface area contributed by atoms with Crippen molar-refractivity contribution < 1.29 is 0 Å². The number of aromatic nitrogens is 3. The molecule has 2 aromatic heterocycles. The fourth-order valence-electron chi connectivity index (χ4n) is 2.01. The van der Waals surface area contributed by atoms with Gasteiger partial charge in [0.25, 0.3) is 0 Å². The van der Waals surface area contributed by atoms with Crippen molar-refractivity contribution in [3.63, 3.8) is 0 Å². The zero-order valence-electron chi connectivity index (χ0n) is 10.8. The third-order valence-corrected chi connectivity index (χ3v) is 4.26. The predicted molar refractivity (Wildman–Crippen MR) is 81.6 cm³/mol. The summed E-state index contributed by atoms with van der Waals surface area (Å²) in [5.41, 5.74) is 1.81. The Morgan fingerprint density at radius 3 is 2.65 bits per heavy atom. The molecule has 2 heterocycles. The normalized spacial score (nSPS) is 12.5. The lowest BCUT2D eigenvalue weighted by atomic mass is 10.2. The van der Waals surface area contributed by atoms with Gasteiger partial charge in [-0.2, -0.15) is 15.0 Å². The Balaban J connectivity index is 1.92. The SMILES string of the molecule is CNC(c1cnn(-c2ccccc2)n1)c1ccc(Cl)s1. The van der Waals surface area contributed by atoms with Crippen molar-refractivity contribution in [2.45, 2.75) is 6.04 Å². The summed E-state index contributed by atoms with van der Waals surface area (Å²) in [7, 11) is 1.90. The van der Waals surface area contributed by atoms with E-state index in [-0.39, 0.29) is 6.04 Å². The molecule has 0 bridgehead atoms. The van der Waals surface area contributed by atoms with Gasteiger partial charge < -0.3 is 5.32 Å². The number of halogens is 1. The van der Waals surface area contributed by atoms with Gasteiger partial charge in [-0.3, -0.25) is 0 Å². The van der Waals surface area contributed by atoms with Crippen LogP contribution in [0.5, 0.6) is 0 Å². The second-order valence-electron chi connectivity index (χ2n) is 4.26. The number of nitrogens with one attached hydrogen (secondary N) is 1. The van der Waals surface area contributed by atoms with Crippen LogP contribution in [0.3, 0.4) is 0 Å². The molecule has 1 atom stereocenters. The van der Waals surface area contributed by atoms with Crippen LogP contribution in [0.2, 0.25) is 4.34 Å². The number of hydrogen-bond donors (Lipinski definition) is 1. The number of para-hydroxylation sites is 1. The molecule has 3 aromatic rings. The first kappa shape index (κ1) is 13.3. The van der Waals surface area contributed by atoms with Crippen LogP contribution in [-0.2, 0) is 0 Å². The number of rotatable bonds is 4. The molecule has 3 rings (SSSR count). The van der Waals surface area contributed by atoms with Gasteiger partial charge in [0.2, 0.25) is 0 Å². The van der Waals surface area contributed by atoms with Crippen LogP contribution in [-0.4, -0.2) is 22.0 Å². The van der Waals surface area contributed by atoms with E-state index in [1.54, 1.807) is 22.3 Å². The van der Waals surface area contributed by atoms with Gasteiger partial charge in [-0.15, -0.1) is 11.3 Å². The first-order chi connectivity index (χ1) is 9.78. The lowest BCUT2D eigenvalue weighted by molar-refractivity contribution is 0.658. The van der Waals surface area contributed by atoms with Crippen molar-refractivity contribution >= 4 is 22.9 Å². The average Bonchev–Trinajstić information content (AvgIpc) is 3.11. The largest absolute Gasteiger partial charge is 0.307 e. The zero-order valence-corrected chi connectivity index (χ0v) is 12.4. The summed E-state index contributed by atoms with van der Waals surface area (Å²) < 4.78 is 0.774. The zero-order chi connectivity index (χ0) is 13.9. The molecule has 102 valence electrons. The smallest absolute Gasteiger partial charge is 0.105 e. The first-order valence-corrected chi connectivity index (χ1v) is 7.37. The van der Waals surface area contributed by atoms with E-state index in [9.17, 15) is 0 Å². The molecule has 0 aliphatic carbocycles. The van der Waals surface area contributed by atoms with Gasteiger partial charge in [-0.05, 0) is 31.3 Å². The summed E-state index contributed by atoms with van der Waals surface area (Å²) in [4.78, 5) is 2.76. The lowest BCUT2D eigenvalue weighted by Crippen LogP contribution is -2.17. The number of nitrogens with zero attached hydrogens (tertiary/aromatic N) is 3. The summed E-state index contributed by atoms with van der Waals surface area (Å²) in [5.74, 6) is 0. The van der Waals surface area contributed by atoms with Crippen molar-refractivity contribution in [3.05, 3.63) is 63.6 Å².